The predicted octanol–water partition coefficient (Wildman–Crippen LogP) is 0.423. The first-order valence-corrected chi connectivity index (χ1v) is 5.84. The third-order valence-electron chi connectivity index (χ3n) is 2.28. The number of hydrogen-bond donors (Lipinski definition) is 1. The van der Waals surface area contributed by atoms with Crippen molar-refractivity contribution in [1.82, 2.24) is 4.31 Å². The highest BCUT2D eigenvalue weighted by atomic mass is 35.5. The van der Waals surface area contributed by atoms with Crippen LogP contribution in [-0.4, -0.2) is 31.9 Å². The Hall–Kier alpha value is -0.560. The van der Waals surface area contributed by atoms with Gasteiger partial charge in [0.05, 0.1) is 6.26 Å². The summed E-state index contributed by atoms with van der Waals surface area (Å²) in [6, 6.07) is 2.95. The van der Waals surface area contributed by atoms with Crippen molar-refractivity contribution in [2.24, 2.45) is 5.73 Å². The van der Waals surface area contributed by atoms with Crippen LogP contribution in [-0.2, 0) is 10.0 Å². The van der Waals surface area contributed by atoms with Crippen LogP contribution in [0, 0.1) is 0 Å². The Morgan fingerprint density at radius 3 is 2.73 bits per heavy atom. The second-order valence-electron chi connectivity index (χ2n) is 3.34. The molecule has 1 saturated heterocycles. The van der Waals surface area contributed by atoms with Crippen molar-refractivity contribution in [3.8, 4) is 0 Å². The standard InChI is InChI=1S/C8H12N2O3S.ClH/c9-7-3-4-10(6-7)14(11,12)8-2-1-5-13-8;/h1-2,5,7H,3-4,6,9H2;1H/t7-;/m0./s1. The van der Waals surface area contributed by atoms with Gasteiger partial charge in [-0.25, -0.2) is 8.42 Å². The Balaban J connectivity index is 0.00000112. The van der Waals surface area contributed by atoms with Crippen LogP contribution in [0.1, 0.15) is 6.42 Å². The van der Waals surface area contributed by atoms with Crippen molar-refractivity contribution < 1.29 is 12.8 Å². The summed E-state index contributed by atoms with van der Waals surface area (Å²) >= 11 is 0. The van der Waals surface area contributed by atoms with E-state index in [4.69, 9.17) is 10.2 Å². The highest BCUT2D eigenvalue weighted by molar-refractivity contribution is 7.89. The van der Waals surface area contributed by atoms with Crippen molar-refractivity contribution >= 4 is 22.4 Å². The molecule has 2 rings (SSSR count). The molecule has 0 aromatic carbocycles. The van der Waals surface area contributed by atoms with Crippen LogP contribution in [0.3, 0.4) is 0 Å². The van der Waals surface area contributed by atoms with Gasteiger partial charge in [0, 0.05) is 19.1 Å². The first-order valence-electron chi connectivity index (χ1n) is 4.40. The number of nitrogens with two attached hydrogens (primary N) is 1. The lowest BCUT2D eigenvalue weighted by molar-refractivity contribution is 0.409. The molecular weight excluding hydrogens is 240 g/mol. The average molecular weight is 253 g/mol. The maximum atomic E-state index is 11.8. The topological polar surface area (TPSA) is 76.5 Å². The van der Waals surface area contributed by atoms with Crippen molar-refractivity contribution in [3.63, 3.8) is 0 Å². The Morgan fingerprint density at radius 1 is 1.53 bits per heavy atom. The molecule has 0 spiro atoms. The van der Waals surface area contributed by atoms with Crippen molar-refractivity contribution in [1.29, 1.82) is 0 Å². The van der Waals surface area contributed by atoms with E-state index >= 15 is 0 Å². The van der Waals surface area contributed by atoms with Crippen LogP contribution in [0.4, 0.5) is 0 Å². The highest BCUT2D eigenvalue weighted by Crippen LogP contribution is 2.20. The fourth-order valence-corrected chi connectivity index (χ4v) is 2.93. The van der Waals surface area contributed by atoms with Crippen LogP contribution < -0.4 is 5.73 Å². The van der Waals surface area contributed by atoms with E-state index in [1.165, 1.54) is 16.6 Å². The van der Waals surface area contributed by atoms with Gasteiger partial charge in [0.15, 0.2) is 0 Å². The molecule has 1 aromatic heterocycles. The molecule has 1 aliphatic heterocycles. The average Bonchev–Trinajstić information content (AvgIpc) is 2.72. The van der Waals surface area contributed by atoms with Gasteiger partial charge in [-0.05, 0) is 18.6 Å². The Morgan fingerprint density at radius 2 is 2.27 bits per heavy atom. The maximum absolute atomic E-state index is 11.8. The smallest absolute Gasteiger partial charge is 0.276 e. The van der Waals surface area contributed by atoms with E-state index in [0.717, 1.165) is 0 Å². The molecule has 0 amide bonds. The quantitative estimate of drug-likeness (QED) is 0.828. The third kappa shape index (κ3) is 2.34. The van der Waals surface area contributed by atoms with Crippen molar-refractivity contribution in [2.75, 3.05) is 13.1 Å². The minimum atomic E-state index is -3.44. The lowest BCUT2D eigenvalue weighted by atomic mass is 10.3. The molecule has 2 N–H and O–H groups in total. The third-order valence-corrected chi connectivity index (χ3v) is 4.03. The second kappa shape index (κ2) is 4.52. The van der Waals surface area contributed by atoms with Crippen LogP contribution in [0.25, 0.3) is 0 Å². The Bertz CT molecular complexity index is 404. The van der Waals surface area contributed by atoms with E-state index in [2.05, 4.69) is 0 Å². The molecule has 1 aliphatic rings. The molecule has 0 saturated carbocycles. The minimum Gasteiger partial charge on any atom is -0.452 e. The molecular formula is C8H13ClN2O3S. The zero-order valence-electron chi connectivity index (χ0n) is 8.00. The van der Waals surface area contributed by atoms with Gasteiger partial charge in [-0.15, -0.1) is 12.4 Å². The lowest BCUT2D eigenvalue weighted by Crippen LogP contribution is -2.31. The molecule has 1 aromatic rings. The molecule has 0 aliphatic carbocycles. The fourth-order valence-electron chi connectivity index (χ4n) is 1.51. The van der Waals surface area contributed by atoms with Gasteiger partial charge < -0.3 is 10.2 Å². The zero-order chi connectivity index (χ0) is 10.2. The predicted molar refractivity (Wildman–Crippen MR) is 57.3 cm³/mol. The molecule has 0 radical (unpaired) electrons. The molecule has 15 heavy (non-hydrogen) atoms. The maximum Gasteiger partial charge on any atom is 0.276 e. The van der Waals surface area contributed by atoms with Gasteiger partial charge in [0.1, 0.15) is 0 Å². The zero-order valence-corrected chi connectivity index (χ0v) is 9.63. The molecule has 0 unspecified atom stereocenters. The summed E-state index contributed by atoms with van der Waals surface area (Å²) in [4.78, 5) is 0. The van der Waals surface area contributed by atoms with E-state index in [-0.39, 0.29) is 23.5 Å². The van der Waals surface area contributed by atoms with E-state index < -0.39 is 10.0 Å². The van der Waals surface area contributed by atoms with Gasteiger partial charge in [-0.3, -0.25) is 0 Å². The first-order chi connectivity index (χ1) is 6.60. The van der Waals surface area contributed by atoms with E-state index in [1.807, 2.05) is 0 Å². The summed E-state index contributed by atoms with van der Waals surface area (Å²) in [5, 5.41) is -0.00778. The molecule has 2 heterocycles. The Labute approximate surface area is 94.7 Å². The summed E-state index contributed by atoms with van der Waals surface area (Å²) in [5.74, 6) is 0. The molecule has 1 fully saturated rings. The largest absolute Gasteiger partial charge is 0.452 e. The SMILES string of the molecule is Cl.N[C@H]1CCN(S(=O)(=O)c2ccco2)C1. The summed E-state index contributed by atoms with van der Waals surface area (Å²) in [7, 11) is -3.44. The number of nitrogens with zero attached hydrogens (tertiary/aromatic N) is 1. The van der Waals surface area contributed by atoms with E-state index in [1.54, 1.807) is 6.07 Å². The lowest BCUT2D eigenvalue weighted by Gasteiger charge is -2.13. The molecule has 86 valence electrons. The number of sulfonamides is 1. The Kier molecular flexibility index (Phi) is 3.77. The molecule has 0 bridgehead atoms. The summed E-state index contributed by atoms with van der Waals surface area (Å²) < 4.78 is 29.9. The van der Waals surface area contributed by atoms with Crippen LogP contribution >= 0.6 is 12.4 Å². The number of furan rings is 1. The summed E-state index contributed by atoms with van der Waals surface area (Å²) in [6.07, 6.45) is 2.06. The monoisotopic (exact) mass is 252 g/mol. The van der Waals surface area contributed by atoms with E-state index in [0.29, 0.717) is 19.5 Å². The fraction of sp³-hybridized carbons (Fsp3) is 0.500. The minimum absolute atomic E-state index is 0. The summed E-state index contributed by atoms with van der Waals surface area (Å²) in [6.45, 7) is 0.854. The normalized spacial score (nSPS) is 22.6. The highest BCUT2D eigenvalue weighted by Gasteiger charge is 2.32. The van der Waals surface area contributed by atoms with Gasteiger partial charge >= 0.3 is 0 Å². The van der Waals surface area contributed by atoms with Crippen molar-refractivity contribution in [2.45, 2.75) is 17.6 Å². The van der Waals surface area contributed by atoms with Crippen LogP contribution in [0.2, 0.25) is 0 Å². The summed E-state index contributed by atoms with van der Waals surface area (Å²) in [5.41, 5.74) is 5.64. The van der Waals surface area contributed by atoms with Crippen molar-refractivity contribution in [3.05, 3.63) is 18.4 Å². The number of hydrogen-bond acceptors (Lipinski definition) is 4. The van der Waals surface area contributed by atoms with Gasteiger partial charge in [0.25, 0.3) is 10.0 Å². The second-order valence-corrected chi connectivity index (χ2v) is 5.21. The van der Waals surface area contributed by atoms with Gasteiger partial charge in [-0.1, -0.05) is 0 Å². The van der Waals surface area contributed by atoms with Crippen LogP contribution in [0.5, 0.6) is 0 Å². The molecule has 7 heteroatoms. The number of rotatable bonds is 2. The van der Waals surface area contributed by atoms with Crippen LogP contribution in [0.15, 0.2) is 27.9 Å². The number of halogens is 1. The molecule has 1 atom stereocenters. The molecule has 5 nitrogen and oxygen atoms in total. The van der Waals surface area contributed by atoms with E-state index in [9.17, 15) is 8.42 Å². The van der Waals surface area contributed by atoms with Gasteiger partial charge in [0.2, 0.25) is 5.09 Å². The van der Waals surface area contributed by atoms with Gasteiger partial charge in [-0.2, -0.15) is 4.31 Å². The first kappa shape index (κ1) is 12.5.